The Kier molecular flexibility index (Phi) is 3.23. The standard InChI is InChI=1S/C13H13F3N2O2/c1-6-7(2)12(20)18(11(6)19)10-4-3-8(5-9(10)17)13(14,15)16/h3-7H,17H2,1-2H3. The van der Waals surface area contributed by atoms with E-state index in [4.69, 9.17) is 5.73 Å². The number of nitrogens with two attached hydrogens (primary N) is 1. The minimum absolute atomic E-state index is 0.00389. The van der Waals surface area contributed by atoms with Crippen LogP contribution in [0.5, 0.6) is 0 Å². The average Bonchev–Trinajstić information content (AvgIpc) is 2.54. The summed E-state index contributed by atoms with van der Waals surface area (Å²) in [5, 5.41) is 0. The van der Waals surface area contributed by atoms with Crippen molar-refractivity contribution in [1.29, 1.82) is 0 Å². The summed E-state index contributed by atoms with van der Waals surface area (Å²) < 4.78 is 37.7. The van der Waals surface area contributed by atoms with E-state index >= 15 is 0 Å². The number of alkyl halides is 3. The van der Waals surface area contributed by atoms with Crippen molar-refractivity contribution in [2.75, 3.05) is 10.6 Å². The Bertz CT molecular complexity index is 563. The number of anilines is 2. The summed E-state index contributed by atoms with van der Waals surface area (Å²) in [6.07, 6.45) is -4.52. The highest BCUT2D eigenvalue weighted by Gasteiger charge is 2.44. The molecule has 20 heavy (non-hydrogen) atoms. The van der Waals surface area contributed by atoms with Crippen molar-refractivity contribution in [3.8, 4) is 0 Å². The normalized spacial score (nSPS) is 23.6. The highest BCUT2D eigenvalue weighted by atomic mass is 19.4. The molecule has 108 valence electrons. The van der Waals surface area contributed by atoms with Gasteiger partial charge in [0.25, 0.3) is 0 Å². The first-order valence-electron chi connectivity index (χ1n) is 5.99. The van der Waals surface area contributed by atoms with Crippen LogP contribution in [-0.4, -0.2) is 11.8 Å². The van der Waals surface area contributed by atoms with Crippen LogP contribution in [0, 0.1) is 11.8 Å². The monoisotopic (exact) mass is 286 g/mol. The predicted molar refractivity (Wildman–Crippen MR) is 66.7 cm³/mol. The number of amides is 2. The van der Waals surface area contributed by atoms with E-state index in [1.807, 2.05) is 0 Å². The minimum atomic E-state index is -4.52. The molecule has 1 aliphatic heterocycles. The molecular weight excluding hydrogens is 273 g/mol. The van der Waals surface area contributed by atoms with Crippen LogP contribution >= 0.6 is 0 Å². The molecule has 1 aromatic rings. The molecule has 2 N–H and O–H groups in total. The zero-order valence-corrected chi connectivity index (χ0v) is 10.9. The van der Waals surface area contributed by atoms with Crippen molar-refractivity contribution in [3.05, 3.63) is 23.8 Å². The highest BCUT2D eigenvalue weighted by Crippen LogP contribution is 2.37. The molecule has 1 aromatic carbocycles. The summed E-state index contributed by atoms with van der Waals surface area (Å²) >= 11 is 0. The highest BCUT2D eigenvalue weighted by molar-refractivity contribution is 6.22. The van der Waals surface area contributed by atoms with E-state index in [1.54, 1.807) is 13.8 Å². The van der Waals surface area contributed by atoms with Crippen LogP contribution in [-0.2, 0) is 15.8 Å². The van der Waals surface area contributed by atoms with Gasteiger partial charge in [0.2, 0.25) is 11.8 Å². The van der Waals surface area contributed by atoms with Gasteiger partial charge in [0, 0.05) is 11.8 Å². The Labute approximate surface area is 113 Å². The van der Waals surface area contributed by atoms with Crippen LogP contribution in [0.4, 0.5) is 24.5 Å². The molecular formula is C13H13F3N2O2. The summed E-state index contributed by atoms with van der Waals surface area (Å²) in [6.45, 7) is 3.20. The lowest BCUT2D eigenvalue weighted by Gasteiger charge is -2.18. The molecule has 0 radical (unpaired) electrons. The topological polar surface area (TPSA) is 63.4 Å². The lowest BCUT2D eigenvalue weighted by Crippen LogP contribution is -2.31. The SMILES string of the molecule is CC1C(=O)N(c2ccc(C(F)(F)F)cc2N)C(=O)C1C. The fourth-order valence-electron chi connectivity index (χ4n) is 2.12. The number of halogens is 3. The third-order valence-electron chi connectivity index (χ3n) is 3.57. The first-order chi connectivity index (χ1) is 9.14. The van der Waals surface area contributed by atoms with Gasteiger partial charge in [-0.15, -0.1) is 0 Å². The van der Waals surface area contributed by atoms with E-state index in [-0.39, 0.29) is 11.4 Å². The molecule has 1 saturated heterocycles. The van der Waals surface area contributed by atoms with Crippen molar-refractivity contribution in [3.63, 3.8) is 0 Å². The quantitative estimate of drug-likeness (QED) is 0.637. The summed E-state index contributed by atoms with van der Waals surface area (Å²) in [7, 11) is 0. The molecule has 2 amide bonds. The van der Waals surface area contributed by atoms with Crippen molar-refractivity contribution in [2.24, 2.45) is 11.8 Å². The van der Waals surface area contributed by atoms with Crippen LogP contribution in [0.25, 0.3) is 0 Å². The van der Waals surface area contributed by atoms with E-state index in [9.17, 15) is 22.8 Å². The van der Waals surface area contributed by atoms with Crippen LogP contribution in [0.1, 0.15) is 19.4 Å². The van der Waals surface area contributed by atoms with Crippen molar-refractivity contribution in [1.82, 2.24) is 0 Å². The summed E-state index contributed by atoms with van der Waals surface area (Å²) in [5.41, 5.74) is 4.41. The maximum atomic E-state index is 12.6. The van der Waals surface area contributed by atoms with Gasteiger partial charge in [-0.05, 0) is 18.2 Å². The van der Waals surface area contributed by atoms with Crippen LogP contribution < -0.4 is 10.6 Å². The van der Waals surface area contributed by atoms with Crippen molar-refractivity contribution >= 4 is 23.2 Å². The van der Waals surface area contributed by atoms with Crippen molar-refractivity contribution < 1.29 is 22.8 Å². The van der Waals surface area contributed by atoms with Crippen molar-refractivity contribution in [2.45, 2.75) is 20.0 Å². The molecule has 1 aliphatic rings. The second kappa shape index (κ2) is 4.50. The smallest absolute Gasteiger partial charge is 0.397 e. The second-order valence-electron chi connectivity index (χ2n) is 4.86. The van der Waals surface area contributed by atoms with Gasteiger partial charge < -0.3 is 5.73 Å². The summed E-state index contributed by atoms with van der Waals surface area (Å²) in [6, 6.07) is 2.59. The molecule has 1 heterocycles. The summed E-state index contributed by atoms with van der Waals surface area (Å²) in [4.78, 5) is 24.8. The number of nitrogens with zero attached hydrogens (tertiary/aromatic N) is 1. The third kappa shape index (κ3) is 2.13. The second-order valence-corrected chi connectivity index (χ2v) is 4.86. The molecule has 7 heteroatoms. The first kappa shape index (κ1) is 14.4. The van der Waals surface area contributed by atoms with Gasteiger partial charge in [-0.1, -0.05) is 13.8 Å². The molecule has 2 atom stereocenters. The molecule has 0 aromatic heterocycles. The minimum Gasteiger partial charge on any atom is -0.397 e. The Morgan fingerprint density at radius 1 is 1.10 bits per heavy atom. The van der Waals surface area contributed by atoms with Crippen LogP contribution in [0.2, 0.25) is 0 Å². The van der Waals surface area contributed by atoms with Gasteiger partial charge in [-0.3, -0.25) is 9.59 Å². The number of rotatable bonds is 1. The number of carbonyl (C=O) groups is 2. The van der Waals surface area contributed by atoms with E-state index in [0.717, 1.165) is 23.1 Å². The number of nitrogen functional groups attached to an aromatic ring is 1. The maximum Gasteiger partial charge on any atom is 0.416 e. The Balaban J connectivity index is 2.45. The molecule has 0 spiro atoms. The lowest BCUT2D eigenvalue weighted by atomic mass is 10.00. The Hall–Kier alpha value is -2.05. The van der Waals surface area contributed by atoms with Crippen LogP contribution in [0.15, 0.2) is 18.2 Å². The fraction of sp³-hybridized carbons (Fsp3) is 0.385. The van der Waals surface area contributed by atoms with Gasteiger partial charge in [0.15, 0.2) is 0 Å². The number of hydrogen-bond acceptors (Lipinski definition) is 3. The largest absolute Gasteiger partial charge is 0.416 e. The molecule has 1 fully saturated rings. The summed E-state index contributed by atoms with van der Waals surface area (Å²) in [5.74, 6) is -1.92. The van der Waals surface area contributed by atoms with Gasteiger partial charge in [0.1, 0.15) is 0 Å². The number of benzene rings is 1. The molecule has 0 bridgehead atoms. The number of imide groups is 1. The lowest BCUT2D eigenvalue weighted by molar-refractivity contribution is -0.137. The number of carbonyl (C=O) groups excluding carboxylic acids is 2. The van der Waals surface area contributed by atoms with E-state index in [2.05, 4.69) is 0 Å². The van der Waals surface area contributed by atoms with Gasteiger partial charge in [-0.2, -0.15) is 13.2 Å². The first-order valence-corrected chi connectivity index (χ1v) is 5.99. The van der Waals surface area contributed by atoms with E-state index < -0.39 is 35.4 Å². The molecule has 0 saturated carbocycles. The van der Waals surface area contributed by atoms with Gasteiger partial charge in [-0.25, -0.2) is 4.90 Å². The molecule has 2 rings (SSSR count). The fourth-order valence-corrected chi connectivity index (χ4v) is 2.12. The Morgan fingerprint density at radius 3 is 2.00 bits per heavy atom. The van der Waals surface area contributed by atoms with Crippen LogP contribution in [0.3, 0.4) is 0 Å². The molecule has 4 nitrogen and oxygen atoms in total. The van der Waals surface area contributed by atoms with E-state index in [1.165, 1.54) is 0 Å². The molecule has 2 unspecified atom stereocenters. The van der Waals surface area contributed by atoms with Gasteiger partial charge >= 0.3 is 6.18 Å². The number of hydrogen-bond donors (Lipinski definition) is 1. The van der Waals surface area contributed by atoms with E-state index in [0.29, 0.717) is 0 Å². The third-order valence-corrected chi connectivity index (χ3v) is 3.57. The average molecular weight is 286 g/mol. The predicted octanol–water partition coefficient (Wildman–Crippen LogP) is 2.43. The maximum absolute atomic E-state index is 12.6. The Morgan fingerprint density at radius 2 is 1.60 bits per heavy atom. The zero-order valence-electron chi connectivity index (χ0n) is 10.9. The zero-order chi connectivity index (χ0) is 15.2. The molecule has 0 aliphatic carbocycles. The van der Waals surface area contributed by atoms with Gasteiger partial charge in [0.05, 0.1) is 16.9 Å².